The summed E-state index contributed by atoms with van der Waals surface area (Å²) in [6, 6.07) is 3.72. The average Bonchev–Trinajstić information content (AvgIpc) is 2.21. The van der Waals surface area contributed by atoms with Crippen LogP contribution in [0.1, 0.15) is 10.4 Å². The topological polar surface area (TPSA) is 86.6 Å². The Labute approximate surface area is 96.5 Å². The van der Waals surface area contributed by atoms with Crippen LogP contribution in [0.15, 0.2) is 18.2 Å². The van der Waals surface area contributed by atoms with Crippen LogP contribution in [0.5, 0.6) is 5.75 Å². The van der Waals surface area contributed by atoms with E-state index in [1.54, 1.807) is 6.26 Å². The number of nitrogens with one attached hydrogen (secondary N) is 1. The molecule has 0 aliphatic carbocycles. The summed E-state index contributed by atoms with van der Waals surface area (Å²) in [6.45, 7) is 0. The molecule has 3 N–H and O–H groups in total. The van der Waals surface area contributed by atoms with E-state index in [1.165, 1.54) is 30.0 Å². The van der Waals surface area contributed by atoms with Crippen LogP contribution in [0.3, 0.4) is 0 Å². The molecule has 1 amide bonds. The van der Waals surface area contributed by atoms with E-state index in [2.05, 4.69) is 5.32 Å². The molecule has 0 atom stereocenters. The molecule has 5 nitrogen and oxygen atoms in total. The Kier molecular flexibility index (Phi) is 4.19. The van der Waals surface area contributed by atoms with Gasteiger partial charge in [-0.3, -0.25) is 4.79 Å². The number of carbonyl (C=O) groups is 2. The van der Waals surface area contributed by atoms with Gasteiger partial charge in [0.2, 0.25) is 5.91 Å². The van der Waals surface area contributed by atoms with Crippen molar-refractivity contribution in [3.63, 3.8) is 0 Å². The van der Waals surface area contributed by atoms with Crippen molar-refractivity contribution in [2.75, 3.05) is 17.3 Å². The number of hydrogen-bond donors (Lipinski definition) is 3. The Hall–Kier alpha value is -1.69. The molecule has 1 rings (SSSR count). The third kappa shape index (κ3) is 3.16. The number of phenols is 1. The highest BCUT2D eigenvalue weighted by atomic mass is 32.2. The van der Waals surface area contributed by atoms with Crippen molar-refractivity contribution in [3.8, 4) is 5.75 Å². The molecule has 1 aromatic carbocycles. The minimum Gasteiger partial charge on any atom is -0.506 e. The highest BCUT2D eigenvalue weighted by molar-refractivity contribution is 7.99. The predicted molar refractivity (Wildman–Crippen MR) is 62.1 cm³/mol. The fourth-order valence-corrected chi connectivity index (χ4v) is 1.42. The quantitative estimate of drug-likeness (QED) is 0.693. The summed E-state index contributed by atoms with van der Waals surface area (Å²) < 4.78 is 0. The molecule has 0 aromatic heterocycles. The first-order valence-corrected chi connectivity index (χ1v) is 5.79. The number of hydrogen-bond acceptors (Lipinski definition) is 4. The van der Waals surface area contributed by atoms with Crippen molar-refractivity contribution in [2.45, 2.75) is 0 Å². The van der Waals surface area contributed by atoms with E-state index >= 15 is 0 Å². The van der Waals surface area contributed by atoms with Crippen LogP contribution < -0.4 is 5.32 Å². The lowest BCUT2D eigenvalue weighted by Gasteiger charge is -2.07. The van der Waals surface area contributed by atoms with Crippen LogP contribution in [0.25, 0.3) is 0 Å². The lowest BCUT2D eigenvalue weighted by atomic mass is 10.2. The average molecular weight is 241 g/mol. The molecule has 0 saturated carbocycles. The molecule has 0 fully saturated rings. The summed E-state index contributed by atoms with van der Waals surface area (Å²) in [4.78, 5) is 21.9. The van der Waals surface area contributed by atoms with Crippen LogP contribution in [0, 0.1) is 0 Å². The van der Waals surface area contributed by atoms with E-state index in [1.807, 2.05) is 0 Å². The second-order valence-corrected chi connectivity index (χ2v) is 3.88. The van der Waals surface area contributed by atoms with E-state index in [4.69, 9.17) is 5.11 Å². The normalized spacial score (nSPS) is 9.81. The molecule has 0 spiro atoms. The lowest BCUT2D eigenvalue weighted by molar-refractivity contribution is -0.113. The molecular weight excluding hydrogens is 230 g/mol. The van der Waals surface area contributed by atoms with Gasteiger partial charge in [0, 0.05) is 0 Å². The number of aromatic carboxylic acids is 1. The maximum Gasteiger partial charge on any atom is 0.335 e. The third-order valence-corrected chi connectivity index (χ3v) is 2.34. The van der Waals surface area contributed by atoms with Crippen molar-refractivity contribution in [2.24, 2.45) is 0 Å². The number of benzene rings is 1. The van der Waals surface area contributed by atoms with Gasteiger partial charge < -0.3 is 15.5 Å². The molecule has 0 aliphatic rings. The second kappa shape index (κ2) is 5.41. The van der Waals surface area contributed by atoms with Crippen molar-refractivity contribution >= 4 is 29.3 Å². The van der Waals surface area contributed by atoms with Crippen LogP contribution in [0.4, 0.5) is 5.69 Å². The van der Waals surface area contributed by atoms with E-state index in [9.17, 15) is 14.7 Å². The minimum atomic E-state index is -1.11. The predicted octanol–water partition coefficient (Wildman–Crippen LogP) is 1.39. The van der Waals surface area contributed by atoms with Gasteiger partial charge in [0.1, 0.15) is 5.75 Å². The fraction of sp³-hybridized carbons (Fsp3) is 0.200. The Balaban J connectivity index is 2.90. The van der Waals surface area contributed by atoms with Crippen molar-refractivity contribution in [3.05, 3.63) is 23.8 Å². The van der Waals surface area contributed by atoms with Crippen molar-refractivity contribution in [1.29, 1.82) is 0 Å². The summed E-state index contributed by atoms with van der Waals surface area (Å²) in [6.07, 6.45) is 1.77. The monoisotopic (exact) mass is 241 g/mol. The summed E-state index contributed by atoms with van der Waals surface area (Å²) in [5, 5.41) is 20.6. The molecular formula is C10H11NO4S. The van der Waals surface area contributed by atoms with Gasteiger partial charge in [-0.2, -0.15) is 11.8 Å². The third-order valence-electron chi connectivity index (χ3n) is 1.79. The summed E-state index contributed by atoms with van der Waals surface area (Å²) in [7, 11) is 0. The molecule has 0 aliphatic heterocycles. The Morgan fingerprint density at radius 1 is 1.44 bits per heavy atom. The van der Waals surface area contributed by atoms with Gasteiger partial charge in [-0.15, -0.1) is 0 Å². The van der Waals surface area contributed by atoms with Gasteiger partial charge in [0.15, 0.2) is 0 Å². The first-order valence-electron chi connectivity index (χ1n) is 4.39. The van der Waals surface area contributed by atoms with Gasteiger partial charge in [-0.1, -0.05) is 0 Å². The maximum absolute atomic E-state index is 11.3. The lowest BCUT2D eigenvalue weighted by Crippen LogP contribution is -2.14. The van der Waals surface area contributed by atoms with E-state index < -0.39 is 5.97 Å². The highest BCUT2D eigenvalue weighted by Crippen LogP contribution is 2.24. The Morgan fingerprint density at radius 2 is 2.12 bits per heavy atom. The molecule has 0 unspecified atom stereocenters. The molecule has 0 bridgehead atoms. The highest BCUT2D eigenvalue weighted by Gasteiger charge is 2.09. The van der Waals surface area contributed by atoms with Crippen LogP contribution in [-0.4, -0.2) is 34.1 Å². The van der Waals surface area contributed by atoms with Gasteiger partial charge >= 0.3 is 5.97 Å². The molecule has 86 valence electrons. The zero-order valence-corrected chi connectivity index (χ0v) is 9.37. The number of carboxylic acids is 1. The van der Waals surface area contributed by atoms with Gasteiger partial charge in [-0.25, -0.2) is 4.79 Å². The maximum atomic E-state index is 11.3. The van der Waals surface area contributed by atoms with E-state index in [0.29, 0.717) is 0 Å². The van der Waals surface area contributed by atoms with Gasteiger partial charge in [0.25, 0.3) is 0 Å². The largest absolute Gasteiger partial charge is 0.506 e. The smallest absolute Gasteiger partial charge is 0.335 e. The van der Waals surface area contributed by atoms with Gasteiger partial charge in [0.05, 0.1) is 17.0 Å². The number of aromatic hydroxyl groups is 1. The molecule has 0 heterocycles. The molecule has 16 heavy (non-hydrogen) atoms. The number of rotatable bonds is 4. The first-order chi connectivity index (χ1) is 7.54. The van der Waals surface area contributed by atoms with Crippen molar-refractivity contribution < 1.29 is 19.8 Å². The number of carboxylic acid groups (broad SMARTS) is 1. The second-order valence-electron chi connectivity index (χ2n) is 3.02. The summed E-state index contributed by atoms with van der Waals surface area (Å²) in [5.41, 5.74) is 0.121. The Morgan fingerprint density at radius 3 is 2.69 bits per heavy atom. The zero-order chi connectivity index (χ0) is 12.1. The standard InChI is InChI=1S/C10H11NO4S/c1-16-5-9(13)11-7-4-6(10(14)15)2-3-8(7)12/h2-4,12H,5H2,1H3,(H,11,13)(H,14,15). The van der Waals surface area contributed by atoms with E-state index in [-0.39, 0.29) is 28.7 Å². The van der Waals surface area contributed by atoms with Crippen LogP contribution in [-0.2, 0) is 4.79 Å². The summed E-state index contributed by atoms with van der Waals surface area (Å²) >= 11 is 1.34. The molecule has 6 heteroatoms. The number of thioether (sulfide) groups is 1. The van der Waals surface area contributed by atoms with Crippen molar-refractivity contribution in [1.82, 2.24) is 0 Å². The van der Waals surface area contributed by atoms with Gasteiger partial charge in [-0.05, 0) is 24.5 Å². The SMILES string of the molecule is CSCC(=O)Nc1cc(C(=O)O)ccc1O. The van der Waals surface area contributed by atoms with Crippen LogP contribution >= 0.6 is 11.8 Å². The Bertz CT molecular complexity index is 419. The molecule has 1 aromatic rings. The molecule has 0 radical (unpaired) electrons. The fourth-order valence-electron chi connectivity index (χ4n) is 1.09. The molecule has 0 saturated heterocycles. The number of anilines is 1. The number of amides is 1. The number of carbonyl (C=O) groups excluding carboxylic acids is 1. The summed E-state index contributed by atoms with van der Waals surface area (Å²) in [5.74, 6) is -1.30. The first kappa shape index (κ1) is 12.4. The van der Waals surface area contributed by atoms with Crippen LogP contribution in [0.2, 0.25) is 0 Å². The number of phenolic OH excluding ortho intramolecular Hbond substituents is 1. The minimum absolute atomic E-state index is 0.0113. The van der Waals surface area contributed by atoms with E-state index in [0.717, 1.165) is 0 Å². The zero-order valence-electron chi connectivity index (χ0n) is 8.56.